The molecule has 0 saturated carbocycles. The minimum atomic E-state index is 0.0334. The summed E-state index contributed by atoms with van der Waals surface area (Å²) in [7, 11) is 0. The molecule has 0 radical (unpaired) electrons. The zero-order chi connectivity index (χ0) is 19.2. The van der Waals surface area contributed by atoms with Crippen molar-refractivity contribution in [1.29, 1.82) is 0 Å². The molecule has 27 heavy (non-hydrogen) atoms. The van der Waals surface area contributed by atoms with Gasteiger partial charge in [-0.05, 0) is 36.1 Å². The second-order valence-corrected chi connectivity index (χ2v) is 7.48. The van der Waals surface area contributed by atoms with Gasteiger partial charge in [0, 0.05) is 5.56 Å². The molecule has 0 saturated heterocycles. The Kier molecular flexibility index (Phi) is 6.29. The Bertz CT molecular complexity index is 904. The third-order valence-corrected chi connectivity index (χ3v) is 4.84. The Morgan fingerprint density at radius 3 is 2.63 bits per heavy atom. The first-order valence-electron chi connectivity index (χ1n) is 8.79. The number of nitrogens with zero attached hydrogens (tertiary/aromatic N) is 2. The Morgan fingerprint density at radius 1 is 1.15 bits per heavy atom. The Morgan fingerprint density at radius 2 is 1.93 bits per heavy atom. The quantitative estimate of drug-likeness (QED) is 0.401. The molecule has 0 atom stereocenters. The van der Waals surface area contributed by atoms with E-state index in [9.17, 15) is 4.79 Å². The Labute approximate surface area is 163 Å². The van der Waals surface area contributed by atoms with Crippen LogP contribution in [0.1, 0.15) is 47.1 Å². The van der Waals surface area contributed by atoms with Gasteiger partial charge in [-0.25, -0.2) is 0 Å². The summed E-state index contributed by atoms with van der Waals surface area (Å²) in [6.45, 7) is 6.45. The van der Waals surface area contributed by atoms with Gasteiger partial charge in [0.05, 0.1) is 5.75 Å². The maximum atomic E-state index is 12.3. The van der Waals surface area contributed by atoms with Crippen molar-refractivity contribution >= 4 is 17.5 Å². The SMILES string of the molecule is Cc1cccc(OCc2nnc(SCC(=O)c3ccc(C(C)C)cc3)o2)c1. The van der Waals surface area contributed by atoms with E-state index in [4.69, 9.17) is 9.15 Å². The molecule has 0 N–H and O–H groups in total. The van der Waals surface area contributed by atoms with E-state index in [1.165, 1.54) is 17.3 Å². The van der Waals surface area contributed by atoms with Gasteiger partial charge < -0.3 is 9.15 Å². The highest BCUT2D eigenvalue weighted by atomic mass is 32.2. The maximum absolute atomic E-state index is 12.3. The highest BCUT2D eigenvalue weighted by Crippen LogP contribution is 2.20. The Balaban J connectivity index is 1.50. The smallest absolute Gasteiger partial charge is 0.277 e. The second kappa shape index (κ2) is 8.86. The number of carbonyl (C=O) groups excluding carboxylic acids is 1. The van der Waals surface area contributed by atoms with Gasteiger partial charge in [0.2, 0.25) is 0 Å². The number of aromatic nitrogens is 2. The minimum Gasteiger partial charge on any atom is -0.484 e. The van der Waals surface area contributed by atoms with Crippen molar-refractivity contribution in [2.45, 2.75) is 38.5 Å². The van der Waals surface area contributed by atoms with E-state index in [0.29, 0.717) is 22.6 Å². The van der Waals surface area contributed by atoms with Crippen molar-refractivity contribution in [3.63, 3.8) is 0 Å². The van der Waals surface area contributed by atoms with Crippen LogP contribution in [0, 0.1) is 6.92 Å². The van der Waals surface area contributed by atoms with Crippen molar-refractivity contribution in [2.24, 2.45) is 0 Å². The highest BCUT2D eigenvalue weighted by molar-refractivity contribution is 7.99. The van der Waals surface area contributed by atoms with Crippen molar-refractivity contribution in [2.75, 3.05) is 5.75 Å². The number of carbonyl (C=O) groups is 1. The minimum absolute atomic E-state index is 0.0334. The normalized spacial score (nSPS) is 11.0. The van der Waals surface area contributed by atoms with Crippen LogP contribution < -0.4 is 4.74 Å². The molecule has 0 fully saturated rings. The topological polar surface area (TPSA) is 65.2 Å². The van der Waals surface area contributed by atoms with Crippen molar-refractivity contribution < 1.29 is 13.9 Å². The number of aryl methyl sites for hydroxylation is 1. The Hall–Kier alpha value is -2.60. The number of hydrogen-bond donors (Lipinski definition) is 0. The van der Waals surface area contributed by atoms with Crippen LogP contribution in [0.15, 0.2) is 58.2 Å². The molecule has 0 aliphatic rings. The van der Waals surface area contributed by atoms with Gasteiger partial charge in [0.15, 0.2) is 12.4 Å². The summed E-state index contributed by atoms with van der Waals surface area (Å²) in [5.74, 6) is 1.87. The van der Waals surface area contributed by atoms with Gasteiger partial charge in [-0.2, -0.15) is 0 Å². The molecule has 0 aliphatic carbocycles. The molecule has 1 heterocycles. The summed E-state index contributed by atoms with van der Waals surface area (Å²) in [6.07, 6.45) is 0. The monoisotopic (exact) mass is 382 g/mol. The molecule has 3 rings (SSSR count). The third kappa shape index (κ3) is 5.44. The van der Waals surface area contributed by atoms with E-state index >= 15 is 0 Å². The van der Waals surface area contributed by atoms with Gasteiger partial charge in [0.1, 0.15) is 5.75 Å². The van der Waals surface area contributed by atoms with Gasteiger partial charge in [-0.3, -0.25) is 4.79 Å². The first-order chi connectivity index (χ1) is 13.0. The number of hydrogen-bond acceptors (Lipinski definition) is 6. The molecular formula is C21H22N2O3S. The summed E-state index contributed by atoms with van der Waals surface area (Å²) in [4.78, 5) is 12.3. The number of rotatable bonds is 8. The van der Waals surface area contributed by atoms with Crippen molar-refractivity contribution in [1.82, 2.24) is 10.2 Å². The van der Waals surface area contributed by atoms with Crippen molar-refractivity contribution in [3.05, 3.63) is 71.1 Å². The zero-order valence-corrected chi connectivity index (χ0v) is 16.5. The predicted molar refractivity (Wildman–Crippen MR) is 105 cm³/mol. The molecule has 6 heteroatoms. The van der Waals surface area contributed by atoms with E-state index in [-0.39, 0.29) is 18.1 Å². The van der Waals surface area contributed by atoms with Crippen LogP contribution in [0.5, 0.6) is 5.75 Å². The molecule has 0 bridgehead atoms. The fraction of sp³-hybridized carbons (Fsp3) is 0.286. The van der Waals surface area contributed by atoms with E-state index < -0.39 is 0 Å². The second-order valence-electron chi connectivity index (χ2n) is 6.56. The molecule has 0 aliphatic heterocycles. The van der Waals surface area contributed by atoms with Gasteiger partial charge in [0.25, 0.3) is 11.1 Å². The van der Waals surface area contributed by atoms with Crippen LogP contribution in [-0.4, -0.2) is 21.7 Å². The van der Waals surface area contributed by atoms with Crippen LogP contribution in [-0.2, 0) is 6.61 Å². The standard InChI is InChI=1S/C21H22N2O3S/c1-14(2)16-7-9-17(10-8-16)19(24)13-27-21-23-22-20(26-21)12-25-18-6-4-5-15(3)11-18/h4-11,14H,12-13H2,1-3H3. The van der Waals surface area contributed by atoms with E-state index in [1.54, 1.807) is 0 Å². The molecule has 140 valence electrons. The van der Waals surface area contributed by atoms with E-state index in [0.717, 1.165) is 11.3 Å². The van der Waals surface area contributed by atoms with E-state index in [1.807, 2.05) is 55.5 Å². The van der Waals surface area contributed by atoms with E-state index in [2.05, 4.69) is 24.0 Å². The number of Topliss-reactive ketones (excluding diaryl/α,β-unsaturated/α-hetero) is 1. The average Bonchev–Trinajstić information content (AvgIpc) is 3.12. The molecule has 0 spiro atoms. The van der Waals surface area contributed by atoms with Crippen LogP contribution in [0.2, 0.25) is 0 Å². The van der Waals surface area contributed by atoms with Crippen molar-refractivity contribution in [3.8, 4) is 5.75 Å². The fourth-order valence-electron chi connectivity index (χ4n) is 2.47. The van der Waals surface area contributed by atoms with Crippen LogP contribution in [0.3, 0.4) is 0 Å². The maximum Gasteiger partial charge on any atom is 0.277 e. The van der Waals surface area contributed by atoms with Gasteiger partial charge in [-0.1, -0.05) is 62.0 Å². The first kappa shape index (κ1) is 19.2. The molecular weight excluding hydrogens is 360 g/mol. The summed E-state index contributed by atoms with van der Waals surface area (Å²) in [5, 5.41) is 8.29. The summed E-state index contributed by atoms with van der Waals surface area (Å²) in [6, 6.07) is 15.5. The number of thioether (sulfide) groups is 1. The molecule has 1 aromatic heterocycles. The fourth-order valence-corrected chi connectivity index (χ4v) is 3.14. The summed E-state index contributed by atoms with van der Waals surface area (Å²) < 4.78 is 11.2. The average molecular weight is 382 g/mol. The van der Waals surface area contributed by atoms with Crippen LogP contribution in [0.25, 0.3) is 0 Å². The van der Waals surface area contributed by atoms with Gasteiger partial charge in [-0.15, -0.1) is 10.2 Å². The lowest BCUT2D eigenvalue weighted by atomic mass is 10.0. The summed E-state index contributed by atoms with van der Waals surface area (Å²) in [5.41, 5.74) is 3.03. The highest BCUT2D eigenvalue weighted by Gasteiger charge is 2.12. The number of ketones is 1. The number of ether oxygens (including phenoxy) is 1. The largest absolute Gasteiger partial charge is 0.484 e. The number of benzene rings is 2. The molecule has 5 nitrogen and oxygen atoms in total. The molecule has 2 aromatic carbocycles. The van der Waals surface area contributed by atoms with Crippen LogP contribution >= 0.6 is 11.8 Å². The first-order valence-corrected chi connectivity index (χ1v) is 9.77. The molecule has 0 unspecified atom stereocenters. The third-order valence-electron chi connectivity index (χ3n) is 4.03. The lowest BCUT2D eigenvalue weighted by Crippen LogP contribution is -2.02. The lowest BCUT2D eigenvalue weighted by Gasteiger charge is -2.05. The lowest BCUT2D eigenvalue weighted by molar-refractivity contribution is 0.102. The molecule has 3 aromatic rings. The molecule has 0 amide bonds. The predicted octanol–water partition coefficient (Wildman–Crippen LogP) is 5.06. The zero-order valence-electron chi connectivity index (χ0n) is 15.6. The van der Waals surface area contributed by atoms with Crippen LogP contribution in [0.4, 0.5) is 0 Å². The summed E-state index contributed by atoms with van der Waals surface area (Å²) >= 11 is 1.23. The van der Waals surface area contributed by atoms with Gasteiger partial charge >= 0.3 is 0 Å².